The van der Waals surface area contributed by atoms with Crippen LogP contribution in [0.3, 0.4) is 0 Å². The van der Waals surface area contributed by atoms with Crippen LogP contribution < -0.4 is 21.9 Å². The molecule has 0 aliphatic heterocycles. The SMILES string of the molecule is COc1cc(S(=O)(=O)O)c(N)cc1S(=O)(=O)O.Nc1cc(S(=O)(=O)O)c(N)cc1S(=O)(=O)O. The zero-order valence-electron chi connectivity index (χ0n) is 16.1. The molecule has 0 saturated carbocycles. The number of nitrogen functional groups attached to an aromatic ring is 3. The van der Waals surface area contributed by atoms with Crippen LogP contribution in [0.4, 0.5) is 17.1 Å². The summed E-state index contributed by atoms with van der Waals surface area (Å²) >= 11 is 0. The van der Waals surface area contributed by atoms with Crippen molar-refractivity contribution in [2.45, 2.75) is 19.6 Å². The van der Waals surface area contributed by atoms with Crippen molar-refractivity contribution < 1.29 is 56.6 Å². The number of methoxy groups -OCH3 is 1. The summed E-state index contributed by atoms with van der Waals surface area (Å²) in [4.78, 5) is -2.85. The molecule has 16 nitrogen and oxygen atoms in total. The Bertz CT molecular complexity index is 1460. The van der Waals surface area contributed by atoms with Gasteiger partial charge in [0.2, 0.25) is 0 Å². The van der Waals surface area contributed by atoms with Crippen molar-refractivity contribution in [3.63, 3.8) is 0 Å². The Morgan fingerprint density at radius 2 is 0.788 bits per heavy atom. The van der Waals surface area contributed by atoms with E-state index >= 15 is 0 Å². The molecule has 0 amide bonds. The van der Waals surface area contributed by atoms with Gasteiger partial charge < -0.3 is 21.9 Å². The zero-order chi connectivity index (χ0) is 26.2. The Labute approximate surface area is 188 Å². The highest BCUT2D eigenvalue weighted by molar-refractivity contribution is 7.87. The summed E-state index contributed by atoms with van der Waals surface area (Å²) in [6.45, 7) is 0. The second-order valence-electron chi connectivity index (χ2n) is 5.87. The van der Waals surface area contributed by atoms with E-state index in [1.165, 1.54) is 0 Å². The third-order valence-electron chi connectivity index (χ3n) is 3.55. The molecular weight excluding hydrogens is 534 g/mol. The molecule has 0 aliphatic carbocycles. The average Bonchev–Trinajstić information content (AvgIpc) is 2.60. The van der Waals surface area contributed by atoms with E-state index < -0.39 is 82.9 Å². The van der Waals surface area contributed by atoms with Crippen LogP contribution in [0.1, 0.15) is 0 Å². The summed E-state index contributed by atoms with van der Waals surface area (Å²) < 4.78 is 126. The fourth-order valence-electron chi connectivity index (χ4n) is 2.18. The van der Waals surface area contributed by atoms with Crippen LogP contribution in [0.2, 0.25) is 0 Å². The molecule has 2 aromatic rings. The summed E-state index contributed by atoms with van der Waals surface area (Å²) in [7, 11) is -17.4. The Morgan fingerprint density at radius 1 is 0.545 bits per heavy atom. The maximum atomic E-state index is 10.9. The van der Waals surface area contributed by atoms with Crippen molar-refractivity contribution in [2.24, 2.45) is 0 Å². The summed E-state index contributed by atoms with van der Waals surface area (Å²) in [6.07, 6.45) is 0. The standard InChI is InChI=1S/C7H9NO7S2.C6H8N2O6S2/c1-15-5-3-6(16(9,10)11)4(8)2-7(5)17(12,13)14;7-3-1-5(15(9,10)11)4(8)2-6(3)16(12,13)14/h2-3H,8H2,1H3,(H,9,10,11)(H,12,13,14);1-2H,7-8H2,(H,9,10,11)(H,12,13,14). The van der Waals surface area contributed by atoms with E-state index in [-0.39, 0.29) is 0 Å². The first-order valence-electron chi connectivity index (χ1n) is 7.67. The molecule has 33 heavy (non-hydrogen) atoms. The quantitative estimate of drug-likeness (QED) is 0.175. The van der Waals surface area contributed by atoms with Gasteiger partial charge in [-0.3, -0.25) is 18.2 Å². The van der Waals surface area contributed by atoms with Gasteiger partial charge in [0.25, 0.3) is 40.5 Å². The molecule has 0 fully saturated rings. The fraction of sp³-hybridized carbons (Fsp3) is 0.0769. The minimum Gasteiger partial charge on any atom is -0.495 e. The Hall–Kier alpha value is -2.72. The number of ether oxygens (including phenoxy) is 1. The zero-order valence-corrected chi connectivity index (χ0v) is 19.4. The van der Waals surface area contributed by atoms with E-state index in [2.05, 4.69) is 4.74 Å². The summed E-state index contributed by atoms with van der Waals surface area (Å²) in [5.41, 5.74) is 14.1. The van der Waals surface area contributed by atoms with Crippen molar-refractivity contribution in [3.05, 3.63) is 24.3 Å². The van der Waals surface area contributed by atoms with Crippen LogP contribution >= 0.6 is 0 Å². The molecule has 0 heterocycles. The monoisotopic (exact) mass is 551 g/mol. The maximum Gasteiger partial charge on any atom is 0.298 e. The first kappa shape index (κ1) is 28.3. The normalized spacial score (nSPS) is 12.5. The number of benzene rings is 2. The molecule has 20 heteroatoms. The number of hydrogen-bond donors (Lipinski definition) is 7. The fourth-order valence-corrected chi connectivity index (χ4v) is 4.73. The van der Waals surface area contributed by atoms with Gasteiger partial charge in [0, 0.05) is 6.07 Å². The lowest BCUT2D eigenvalue weighted by Crippen LogP contribution is -2.09. The van der Waals surface area contributed by atoms with Crippen molar-refractivity contribution in [1.29, 1.82) is 0 Å². The third kappa shape index (κ3) is 7.13. The lowest BCUT2D eigenvalue weighted by molar-refractivity contribution is 0.395. The molecule has 0 aromatic heterocycles. The predicted octanol–water partition coefficient (Wildman–Crippen LogP) is -0.885. The Kier molecular flexibility index (Phi) is 7.95. The van der Waals surface area contributed by atoms with Gasteiger partial charge >= 0.3 is 0 Å². The Morgan fingerprint density at radius 3 is 1.03 bits per heavy atom. The smallest absolute Gasteiger partial charge is 0.298 e. The summed E-state index contributed by atoms with van der Waals surface area (Å²) in [6, 6.07) is 2.67. The third-order valence-corrected chi connectivity index (χ3v) is 7.15. The summed E-state index contributed by atoms with van der Waals surface area (Å²) in [5.74, 6) is -0.450. The van der Waals surface area contributed by atoms with Crippen LogP contribution in [0.15, 0.2) is 43.8 Å². The number of nitrogens with two attached hydrogens (primary N) is 3. The van der Waals surface area contributed by atoms with Crippen molar-refractivity contribution in [1.82, 2.24) is 0 Å². The first-order valence-corrected chi connectivity index (χ1v) is 13.4. The molecule has 2 rings (SSSR count). The highest BCUT2D eigenvalue weighted by atomic mass is 32.2. The molecule has 10 N–H and O–H groups in total. The first-order chi connectivity index (χ1) is 14.6. The van der Waals surface area contributed by atoms with E-state index in [1.807, 2.05) is 0 Å². The molecule has 0 unspecified atom stereocenters. The second kappa shape index (κ2) is 9.26. The van der Waals surface area contributed by atoms with Gasteiger partial charge in [-0.15, -0.1) is 0 Å². The van der Waals surface area contributed by atoms with Gasteiger partial charge in [0.1, 0.15) is 25.3 Å². The van der Waals surface area contributed by atoms with Gasteiger partial charge in [-0.2, -0.15) is 33.7 Å². The van der Waals surface area contributed by atoms with Crippen LogP contribution in [0.25, 0.3) is 0 Å². The van der Waals surface area contributed by atoms with E-state index in [4.69, 9.17) is 35.4 Å². The van der Waals surface area contributed by atoms with Gasteiger partial charge in [0.05, 0.1) is 24.2 Å². The molecule has 0 spiro atoms. The topological polar surface area (TPSA) is 305 Å². The number of anilines is 3. The van der Waals surface area contributed by atoms with Crippen molar-refractivity contribution in [2.75, 3.05) is 24.3 Å². The lowest BCUT2D eigenvalue weighted by Gasteiger charge is -2.09. The maximum absolute atomic E-state index is 10.9. The molecule has 186 valence electrons. The number of hydrogen-bond acceptors (Lipinski definition) is 12. The molecular formula is C13H17N3O13S4. The van der Waals surface area contributed by atoms with Crippen molar-refractivity contribution >= 4 is 57.5 Å². The highest BCUT2D eigenvalue weighted by Gasteiger charge is 2.24. The van der Waals surface area contributed by atoms with E-state index in [9.17, 15) is 33.7 Å². The Balaban J connectivity index is 0.000000331. The van der Waals surface area contributed by atoms with Crippen LogP contribution in [-0.2, 0) is 40.5 Å². The van der Waals surface area contributed by atoms with E-state index in [0.717, 1.165) is 7.11 Å². The molecule has 2 aromatic carbocycles. The highest BCUT2D eigenvalue weighted by Crippen LogP contribution is 2.31. The second-order valence-corrected chi connectivity index (χ2v) is 11.4. The summed E-state index contributed by atoms with van der Waals surface area (Å²) in [5, 5.41) is 0. The van der Waals surface area contributed by atoms with E-state index in [1.54, 1.807) is 0 Å². The van der Waals surface area contributed by atoms with Crippen LogP contribution in [-0.4, -0.2) is 59.0 Å². The van der Waals surface area contributed by atoms with Crippen LogP contribution in [0, 0.1) is 0 Å². The minimum absolute atomic E-state index is 0.450. The number of rotatable bonds is 5. The minimum atomic E-state index is -4.61. The molecule has 0 radical (unpaired) electrons. The average molecular weight is 552 g/mol. The van der Waals surface area contributed by atoms with E-state index in [0.29, 0.717) is 24.3 Å². The largest absolute Gasteiger partial charge is 0.495 e. The van der Waals surface area contributed by atoms with Gasteiger partial charge in [0.15, 0.2) is 0 Å². The molecule has 0 saturated heterocycles. The van der Waals surface area contributed by atoms with Gasteiger partial charge in [-0.1, -0.05) is 0 Å². The molecule has 0 bridgehead atoms. The van der Waals surface area contributed by atoms with Gasteiger partial charge in [-0.25, -0.2) is 0 Å². The van der Waals surface area contributed by atoms with Crippen LogP contribution in [0.5, 0.6) is 5.75 Å². The molecule has 0 aliphatic rings. The lowest BCUT2D eigenvalue weighted by atomic mass is 10.3. The molecule has 0 atom stereocenters. The van der Waals surface area contributed by atoms with Gasteiger partial charge in [-0.05, 0) is 18.2 Å². The predicted molar refractivity (Wildman–Crippen MR) is 112 cm³/mol. The van der Waals surface area contributed by atoms with Crippen molar-refractivity contribution in [3.8, 4) is 5.75 Å².